The highest BCUT2D eigenvalue weighted by Crippen LogP contribution is 2.17. The van der Waals surface area contributed by atoms with Gasteiger partial charge >= 0.3 is 5.97 Å². The largest absolute Gasteiger partial charge is 0.456 e. The van der Waals surface area contributed by atoms with Crippen LogP contribution in [-0.2, 0) is 14.3 Å². The number of halogens is 1. The molecule has 0 aliphatic heterocycles. The van der Waals surface area contributed by atoms with Crippen LogP contribution < -0.4 is 5.32 Å². The van der Waals surface area contributed by atoms with Gasteiger partial charge in [-0.1, -0.05) is 12.8 Å². The van der Waals surface area contributed by atoms with Crippen molar-refractivity contribution in [1.29, 1.82) is 0 Å². The lowest BCUT2D eigenvalue weighted by Gasteiger charge is -2.11. The molecule has 0 bridgehead atoms. The molecule has 0 unspecified atom stereocenters. The summed E-state index contributed by atoms with van der Waals surface area (Å²) >= 11 is 0. The number of ether oxygens (including phenoxy) is 1. The second-order valence-corrected chi connectivity index (χ2v) is 5.64. The number of ketones is 1. The fourth-order valence-electron chi connectivity index (χ4n) is 2.55. The Morgan fingerprint density at radius 3 is 2.39 bits per heavy atom. The first-order valence-electron chi connectivity index (χ1n) is 7.78. The summed E-state index contributed by atoms with van der Waals surface area (Å²) in [6.07, 6.45) is 4.01. The van der Waals surface area contributed by atoms with Crippen LogP contribution in [0.1, 0.15) is 48.9 Å². The van der Waals surface area contributed by atoms with Gasteiger partial charge in [-0.2, -0.15) is 0 Å². The minimum absolute atomic E-state index is 0.0330. The Morgan fingerprint density at radius 2 is 1.74 bits per heavy atom. The second-order valence-electron chi connectivity index (χ2n) is 5.64. The summed E-state index contributed by atoms with van der Waals surface area (Å²) in [5.41, 5.74) is 0.346. The quantitative estimate of drug-likeness (QED) is 0.618. The van der Waals surface area contributed by atoms with Crippen molar-refractivity contribution in [1.82, 2.24) is 5.32 Å². The average Bonchev–Trinajstić information content (AvgIpc) is 3.04. The summed E-state index contributed by atoms with van der Waals surface area (Å²) < 4.78 is 17.6. The molecular weight excluding hydrogens is 301 g/mol. The molecule has 23 heavy (non-hydrogen) atoms. The molecule has 5 nitrogen and oxygen atoms in total. The highest BCUT2D eigenvalue weighted by atomic mass is 19.1. The van der Waals surface area contributed by atoms with E-state index in [2.05, 4.69) is 5.32 Å². The fraction of sp³-hybridized carbons (Fsp3) is 0.471. The fourth-order valence-corrected chi connectivity index (χ4v) is 2.55. The lowest BCUT2D eigenvalue weighted by molar-refractivity contribution is -0.148. The van der Waals surface area contributed by atoms with Gasteiger partial charge < -0.3 is 10.1 Å². The number of carbonyl (C=O) groups is 3. The Morgan fingerprint density at radius 1 is 1.09 bits per heavy atom. The average molecular weight is 321 g/mol. The van der Waals surface area contributed by atoms with Crippen molar-refractivity contribution < 1.29 is 23.5 Å². The monoisotopic (exact) mass is 321 g/mol. The van der Waals surface area contributed by atoms with Crippen molar-refractivity contribution in [2.24, 2.45) is 0 Å². The van der Waals surface area contributed by atoms with Gasteiger partial charge in [0.05, 0.1) is 6.42 Å². The molecule has 1 aliphatic carbocycles. The Hall–Kier alpha value is -2.24. The Kier molecular flexibility index (Phi) is 6.26. The topological polar surface area (TPSA) is 72.5 Å². The number of benzene rings is 1. The molecule has 1 amide bonds. The third-order valence-corrected chi connectivity index (χ3v) is 3.81. The summed E-state index contributed by atoms with van der Waals surface area (Å²) in [4.78, 5) is 35.0. The van der Waals surface area contributed by atoms with Crippen molar-refractivity contribution >= 4 is 17.7 Å². The van der Waals surface area contributed by atoms with Crippen molar-refractivity contribution in [3.8, 4) is 0 Å². The van der Waals surface area contributed by atoms with E-state index in [4.69, 9.17) is 4.74 Å². The summed E-state index contributed by atoms with van der Waals surface area (Å²) in [6, 6.07) is 5.31. The molecule has 0 aromatic heterocycles. The van der Waals surface area contributed by atoms with Gasteiger partial charge in [-0.05, 0) is 37.1 Å². The summed E-state index contributed by atoms with van der Waals surface area (Å²) in [6.45, 7) is -0.319. The number of rotatable bonds is 7. The minimum atomic E-state index is -0.595. The smallest absolute Gasteiger partial charge is 0.306 e. The number of nitrogens with one attached hydrogen (secondary N) is 1. The zero-order valence-corrected chi connectivity index (χ0v) is 12.8. The van der Waals surface area contributed by atoms with Crippen molar-refractivity contribution in [3.63, 3.8) is 0 Å². The molecule has 124 valence electrons. The first kappa shape index (κ1) is 17.1. The molecule has 0 radical (unpaired) electrons. The number of esters is 1. The molecule has 0 heterocycles. The van der Waals surface area contributed by atoms with Crippen LogP contribution in [0.4, 0.5) is 4.39 Å². The lowest BCUT2D eigenvalue weighted by Crippen LogP contribution is -2.35. The Balaban J connectivity index is 1.65. The summed E-state index contributed by atoms with van der Waals surface area (Å²) in [5.74, 6) is -1.59. The van der Waals surface area contributed by atoms with Crippen LogP contribution in [0.5, 0.6) is 0 Å². The molecule has 1 aromatic rings. The number of hydrogen-bond acceptors (Lipinski definition) is 4. The van der Waals surface area contributed by atoms with E-state index >= 15 is 0 Å². The number of carbonyl (C=O) groups excluding carboxylic acids is 3. The van der Waals surface area contributed by atoms with Gasteiger partial charge in [0.15, 0.2) is 12.4 Å². The van der Waals surface area contributed by atoms with Gasteiger partial charge in [0.2, 0.25) is 0 Å². The maximum atomic E-state index is 12.8. The highest BCUT2D eigenvalue weighted by molar-refractivity contribution is 5.97. The number of hydrogen-bond donors (Lipinski definition) is 1. The maximum Gasteiger partial charge on any atom is 0.306 e. The Labute approximate surface area is 134 Å². The van der Waals surface area contributed by atoms with E-state index < -0.39 is 11.8 Å². The van der Waals surface area contributed by atoms with Crippen LogP contribution in [0.3, 0.4) is 0 Å². The van der Waals surface area contributed by atoms with Crippen LogP contribution in [0.15, 0.2) is 24.3 Å². The Bertz CT molecular complexity index is 564. The molecule has 1 fully saturated rings. The predicted octanol–water partition coefficient (Wildman–Crippen LogP) is 2.39. The SMILES string of the molecule is O=C(COC(=O)CCC(=O)c1ccc(F)cc1)NC1CCCC1. The molecule has 2 rings (SSSR count). The molecule has 1 aromatic carbocycles. The molecule has 1 saturated carbocycles. The van der Waals surface area contributed by atoms with Crippen molar-refractivity contribution in [2.75, 3.05) is 6.61 Å². The molecule has 0 spiro atoms. The number of amides is 1. The van der Waals surface area contributed by atoms with Gasteiger partial charge in [0.25, 0.3) is 5.91 Å². The van der Waals surface area contributed by atoms with Gasteiger partial charge in [-0.3, -0.25) is 14.4 Å². The van der Waals surface area contributed by atoms with Crippen LogP contribution in [0.25, 0.3) is 0 Å². The first-order valence-corrected chi connectivity index (χ1v) is 7.78. The summed E-state index contributed by atoms with van der Waals surface area (Å²) in [7, 11) is 0. The standard InChI is InChI=1S/C17H20FNO4/c18-13-7-5-12(6-8-13)15(20)9-10-17(22)23-11-16(21)19-14-3-1-2-4-14/h5-8,14H,1-4,9-11H2,(H,19,21). The zero-order chi connectivity index (χ0) is 16.7. The second kappa shape index (κ2) is 8.41. The molecule has 0 saturated heterocycles. The van der Waals surface area contributed by atoms with Crippen LogP contribution in [0.2, 0.25) is 0 Å². The summed E-state index contributed by atoms with van der Waals surface area (Å²) in [5, 5.41) is 2.81. The minimum Gasteiger partial charge on any atom is -0.456 e. The molecular formula is C17H20FNO4. The third-order valence-electron chi connectivity index (χ3n) is 3.81. The van der Waals surface area contributed by atoms with Gasteiger partial charge in [0, 0.05) is 18.0 Å². The van der Waals surface area contributed by atoms with E-state index in [-0.39, 0.29) is 37.2 Å². The molecule has 0 atom stereocenters. The van der Waals surface area contributed by atoms with Crippen molar-refractivity contribution in [2.45, 2.75) is 44.6 Å². The van der Waals surface area contributed by atoms with Gasteiger partial charge in [-0.25, -0.2) is 4.39 Å². The normalized spacial score (nSPS) is 14.5. The van der Waals surface area contributed by atoms with Crippen LogP contribution in [0, 0.1) is 5.82 Å². The highest BCUT2D eigenvalue weighted by Gasteiger charge is 2.18. The van der Waals surface area contributed by atoms with E-state index in [9.17, 15) is 18.8 Å². The van der Waals surface area contributed by atoms with E-state index in [0.717, 1.165) is 25.7 Å². The molecule has 6 heteroatoms. The molecule has 1 aliphatic rings. The maximum absolute atomic E-state index is 12.8. The van der Waals surface area contributed by atoms with E-state index in [1.54, 1.807) is 0 Å². The lowest BCUT2D eigenvalue weighted by atomic mass is 10.1. The van der Waals surface area contributed by atoms with Crippen LogP contribution in [-0.4, -0.2) is 30.3 Å². The number of Topliss-reactive ketones (excluding diaryl/α,β-unsaturated/α-hetero) is 1. The first-order chi connectivity index (χ1) is 11.0. The van der Waals surface area contributed by atoms with Gasteiger partial charge in [0.1, 0.15) is 5.82 Å². The molecule has 1 N–H and O–H groups in total. The van der Waals surface area contributed by atoms with Crippen molar-refractivity contribution in [3.05, 3.63) is 35.6 Å². The van der Waals surface area contributed by atoms with Crippen LogP contribution >= 0.6 is 0 Å². The van der Waals surface area contributed by atoms with E-state index in [1.807, 2.05) is 0 Å². The predicted molar refractivity (Wildman–Crippen MR) is 81.3 cm³/mol. The van der Waals surface area contributed by atoms with Gasteiger partial charge in [-0.15, -0.1) is 0 Å². The third kappa shape index (κ3) is 5.81. The zero-order valence-electron chi connectivity index (χ0n) is 12.8. The van der Waals surface area contributed by atoms with E-state index in [0.29, 0.717) is 5.56 Å². The van der Waals surface area contributed by atoms with E-state index in [1.165, 1.54) is 24.3 Å².